The van der Waals surface area contributed by atoms with E-state index in [2.05, 4.69) is 10.6 Å². The number of esters is 2. The Labute approximate surface area is 183 Å². The van der Waals surface area contributed by atoms with Gasteiger partial charge in [-0.2, -0.15) is 0 Å². The highest BCUT2D eigenvalue weighted by molar-refractivity contribution is 7.15. The Hall–Kier alpha value is -3.20. The summed E-state index contributed by atoms with van der Waals surface area (Å²) in [5, 5.41) is 5.65. The molecule has 4 bridgehead atoms. The van der Waals surface area contributed by atoms with Crippen LogP contribution >= 0.6 is 11.3 Å². The molecule has 1 aromatic carbocycles. The molecule has 2 unspecified atom stereocenters. The minimum Gasteiger partial charge on any atom is -0.459 e. The molecule has 9 heteroatoms. The number of fused-ring (bicyclic) bond motifs is 4. The SMILES string of the molecule is CCC1COC(=O)c2ccc(s2)C(=O)OCC(CC)NC(=O)c2cccc(c2)C(=O)N1. The van der Waals surface area contributed by atoms with Gasteiger partial charge in [-0.3, -0.25) is 9.59 Å². The van der Waals surface area contributed by atoms with Gasteiger partial charge in [0.1, 0.15) is 23.0 Å². The Morgan fingerprint density at radius 3 is 1.68 bits per heavy atom. The molecule has 2 atom stereocenters. The van der Waals surface area contributed by atoms with Gasteiger partial charge in [-0.25, -0.2) is 9.59 Å². The number of amides is 2. The first-order valence-electron chi connectivity index (χ1n) is 10.1. The van der Waals surface area contributed by atoms with Crippen LogP contribution in [-0.4, -0.2) is 49.1 Å². The van der Waals surface area contributed by atoms with Gasteiger partial charge in [0.15, 0.2) is 0 Å². The van der Waals surface area contributed by atoms with Gasteiger partial charge in [0.2, 0.25) is 0 Å². The van der Waals surface area contributed by atoms with Crippen molar-refractivity contribution in [2.45, 2.75) is 38.8 Å². The van der Waals surface area contributed by atoms with Crippen molar-refractivity contribution >= 4 is 35.1 Å². The predicted molar refractivity (Wildman–Crippen MR) is 114 cm³/mol. The molecule has 0 fully saturated rings. The van der Waals surface area contributed by atoms with Gasteiger partial charge >= 0.3 is 11.9 Å². The predicted octanol–water partition coefficient (Wildman–Crippen LogP) is 2.79. The Kier molecular flexibility index (Phi) is 7.41. The van der Waals surface area contributed by atoms with E-state index < -0.39 is 24.0 Å². The second kappa shape index (κ2) is 10.2. The van der Waals surface area contributed by atoms with Crippen LogP contribution < -0.4 is 10.6 Å². The van der Waals surface area contributed by atoms with Gasteiger partial charge in [-0.1, -0.05) is 19.9 Å². The largest absolute Gasteiger partial charge is 0.459 e. The molecule has 2 aromatic rings. The summed E-state index contributed by atoms with van der Waals surface area (Å²) in [5.74, 6) is -1.87. The molecule has 1 aliphatic rings. The molecule has 0 aliphatic carbocycles. The van der Waals surface area contributed by atoms with E-state index in [-0.39, 0.29) is 34.8 Å². The van der Waals surface area contributed by atoms with Crippen molar-refractivity contribution in [2.75, 3.05) is 13.2 Å². The molecule has 3 rings (SSSR count). The Morgan fingerprint density at radius 1 is 0.806 bits per heavy atom. The summed E-state index contributed by atoms with van der Waals surface area (Å²) in [6.07, 6.45) is 1.08. The van der Waals surface area contributed by atoms with E-state index >= 15 is 0 Å². The number of nitrogens with one attached hydrogen (secondary N) is 2. The number of thiophene rings is 1. The van der Waals surface area contributed by atoms with E-state index in [1.54, 1.807) is 18.2 Å². The summed E-state index contributed by atoms with van der Waals surface area (Å²) in [7, 11) is 0. The van der Waals surface area contributed by atoms with Crippen molar-refractivity contribution in [1.82, 2.24) is 10.6 Å². The van der Waals surface area contributed by atoms with E-state index in [1.807, 2.05) is 13.8 Å². The molecule has 0 saturated carbocycles. The molecule has 2 heterocycles. The normalized spacial score (nSPS) is 20.6. The molecule has 164 valence electrons. The van der Waals surface area contributed by atoms with Gasteiger partial charge in [-0.15, -0.1) is 11.3 Å². The molecular weight excluding hydrogens is 420 g/mol. The highest BCUT2D eigenvalue weighted by Crippen LogP contribution is 2.19. The third-order valence-corrected chi connectivity index (χ3v) is 5.93. The monoisotopic (exact) mass is 444 g/mol. The number of hydrogen-bond donors (Lipinski definition) is 2. The fourth-order valence-corrected chi connectivity index (χ4v) is 3.71. The van der Waals surface area contributed by atoms with Crippen LogP contribution in [0.25, 0.3) is 0 Å². The summed E-state index contributed by atoms with van der Waals surface area (Å²) >= 11 is 0.974. The second-order valence-electron chi connectivity index (χ2n) is 7.10. The first kappa shape index (κ1) is 22.5. The van der Waals surface area contributed by atoms with Crippen molar-refractivity contribution < 1.29 is 28.7 Å². The average molecular weight is 445 g/mol. The van der Waals surface area contributed by atoms with Crippen molar-refractivity contribution in [3.05, 3.63) is 57.3 Å². The van der Waals surface area contributed by atoms with Crippen molar-refractivity contribution in [2.24, 2.45) is 0 Å². The molecule has 0 saturated heterocycles. The molecule has 2 amide bonds. The van der Waals surface area contributed by atoms with Gasteiger partial charge in [0, 0.05) is 11.1 Å². The summed E-state index contributed by atoms with van der Waals surface area (Å²) < 4.78 is 10.6. The number of carbonyl (C=O) groups is 4. The van der Waals surface area contributed by atoms with Crippen molar-refractivity contribution in [3.63, 3.8) is 0 Å². The number of cyclic esters (lactones) is 2. The number of hydrogen-bond acceptors (Lipinski definition) is 7. The lowest BCUT2D eigenvalue weighted by Gasteiger charge is -2.18. The average Bonchev–Trinajstić information content (AvgIpc) is 3.28. The number of carbonyl (C=O) groups excluding carboxylic acids is 4. The van der Waals surface area contributed by atoms with E-state index in [4.69, 9.17) is 9.47 Å². The van der Waals surface area contributed by atoms with Crippen molar-refractivity contribution in [3.8, 4) is 0 Å². The number of ether oxygens (including phenoxy) is 2. The van der Waals surface area contributed by atoms with Crippen LogP contribution in [0, 0.1) is 0 Å². The third kappa shape index (κ3) is 5.69. The number of rotatable bonds is 2. The first-order valence-corrected chi connectivity index (χ1v) is 10.9. The summed E-state index contributed by atoms with van der Waals surface area (Å²) in [5.41, 5.74) is 0.641. The van der Waals surface area contributed by atoms with Crippen LogP contribution in [0.4, 0.5) is 0 Å². The molecule has 31 heavy (non-hydrogen) atoms. The summed E-state index contributed by atoms with van der Waals surface area (Å²) in [6.45, 7) is 3.69. The van der Waals surface area contributed by atoms with Crippen LogP contribution in [0.3, 0.4) is 0 Å². The Bertz CT molecular complexity index is 914. The summed E-state index contributed by atoms with van der Waals surface area (Å²) in [4.78, 5) is 50.5. The topological polar surface area (TPSA) is 111 Å². The van der Waals surface area contributed by atoms with Crippen molar-refractivity contribution in [1.29, 1.82) is 0 Å². The van der Waals surface area contributed by atoms with E-state index in [0.717, 1.165) is 11.3 Å². The lowest BCUT2D eigenvalue weighted by atomic mass is 10.1. The van der Waals surface area contributed by atoms with Crippen LogP contribution in [0.5, 0.6) is 0 Å². The minimum atomic E-state index is -0.571. The smallest absolute Gasteiger partial charge is 0.348 e. The maximum atomic E-state index is 12.6. The lowest BCUT2D eigenvalue weighted by molar-refractivity contribution is 0.0457. The molecule has 1 aromatic heterocycles. The van der Waals surface area contributed by atoms with Gasteiger partial charge in [-0.05, 0) is 43.2 Å². The minimum absolute atomic E-state index is 0.0168. The third-order valence-electron chi connectivity index (χ3n) is 4.88. The fourth-order valence-electron chi connectivity index (χ4n) is 2.91. The van der Waals surface area contributed by atoms with Gasteiger partial charge in [0.05, 0.1) is 12.1 Å². The Balaban J connectivity index is 1.88. The highest BCUT2D eigenvalue weighted by atomic mass is 32.1. The molecule has 0 spiro atoms. The van der Waals surface area contributed by atoms with Gasteiger partial charge < -0.3 is 20.1 Å². The van der Waals surface area contributed by atoms with Crippen LogP contribution in [-0.2, 0) is 9.47 Å². The van der Waals surface area contributed by atoms with Gasteiger partial charge in [0.25, 0.3) is 11.8 Å². The zero-order chi connectivity index (χ0) is 22.4. The van der Waals surface area contributed by atoms with E-state index in [9.17, 15) is 19.2 Å². The lowest BCUT2D eigenvalue weighted by Crippen LogP contribution is -2.39. The van der Waals surface area contributed by atoms with Crippen LogP contribution in [0.15, 0.2) is 36.4 Å². The highest BCUT2D eigenvalue weighted by Gasteiger charge is 2.21. The second-order valence-corrected chi connectivity index (χ2v) is 8.18. The maximum Gasteiger partial charge on any atom is 0.348 e. The standard InChI is InChI=1S/C22H24N2O6S/c1-3-15-11-29-21(27)17-8-9-18(31-17)22(28)30-12-16(4-2)24-20(26)14-7-5-6-13(10-14)19(25)23-15/h5-10,15-16H,3-4,11-12H2,1-2H3,(H,23,25)(H,24,26). The van der Waals surface area contributed by atoms with E-state index in [0.29, 0.717) is 24.0 Å². The maximum absolute atomic E-state index is 12.6. The summed E-state index contributed by atoms with van der Waals surface area (Å²) in [6, 6.07) is 8.53. The fraction of sp³-hybridized carbons (Fsp3) is 0.364. The zero-order valence-electron chi connectivity index (χ0n) is 17.3. The molecule has 1 aliphatic heterocycles. The first-order chi connectivity index (χ1) is 14.9. The van der Waals surface area contributed by atoms with E-state index in [1.165, 1.54) is 18.2 Å². The zero-order valence-corrected chi connectivity index (χ0v) is 18.1. The Morgan fingerprint density at radius 2 is 1.26 bits per heavy atom. The number of benzene rings is 1. The van der Waals surface area contributed by atoms with Crippen LogP contribution in [0.2, 0.25) is 0 Å². The molecule has 2 N–H and O–H groups in total. The molecule has 8 nitrogen and oxygen atoms in total. The molecule has 0 radical (unpaired) electrons. The molecular formula is C22H24N2O6S. The quantitative estimate of drug-likeness (QED) is 0.689. The van der Waals surface area contributed by atoms with Crippen LogP contribution in [0.1, 0.15) is 66.7 Å².